The molecule has 1 heterocycles. The summed E-state index contributed by atoms with van der Waals surface area (Å²) in [6.07, 6.45) is 1.67. The topological polar surface area (TPSA) is 57.1 Å². The van der Waals surface area contributed by atoms with Gasteiger partial charge in [-0.15, -0.1) is 0 Å². The van der Waals surface area contributed by atoms with E-state index in [1.807, 2.05) is 74.5 Å². The Kier molecular flexibility index (Phi) is 5.85. The van der Waals surface area contributed by atoms with Crippen LogP contribution in [-0.4, -0.2) is 19.0 Å². The van der Waals surface area contributed by atoms with E-state index in [0.717, 1.165) is 22.3 Å². The second kappa shape index (κ2) is 8.88. The van der Waals surface area contributed by atoms with Crippen molar-refractivity contribution >= 4 is 17.9 Å². The highest BCUT2D eigenvalue weighted by Crippen LogP contribution is 2.34. The number of methoxy groups -OCH3 is 1. The number of hydrogen-bond donors (Lipinski definition) is 0. The third-order valence-electron chi connectivity index (χ3n) is 4.98. The lowest BCUT2D eigenvalue weighted by Crippen LogP contribution is -2.06. The van der Waals surface area contributed by atoms with Gasteiger partial charge in [-0.3, -0.25) is 0 Å². The number of aliphatic imine (C=N–C) groups is 1. The number of rotatable bonds is 6. The minimum absolute atomic E-state index is 0.215. The Bertz CT molecular complexity index is 1190. The van der Waals surface area contributed by atoms with Crippen molar-refractivity contribution in [2.45, 2.75) is 20.5 Å². The summed E-state index contributed by atoms with van der Waals surface area (Å²) in [5.41, 5.74) is 4.89. The van der Waals surface area contributed by atoms with E-state index in [0.29, 0.717) is 29.6 Å². The number of hydrogen-bond acceptors (Lipinski definition) is 5. The van der Waals surface area contributed by atoms with E-state index in [9.17, 15) is 4.79 Å². The van der Waals surface area contributed by atoms with Crippen LogP contribution < -0.4 is 9.47 Å². The molecule has 0 unspecified atom stereocenters. The summed E-state index contributed by atoms with van der Waals surface area (Å²) in [7, 11) is 1.59. The van der Waals surface area contributed by atoms with Crippen LogP contribution in [-0.2, 0) is 16.1 Å². The van der Waals surface area contributed by atoms with Crippen LogP contribution in [0.5, 0.6) is 11.5 Å². The molecule has 156 valence electrons. The van der Waals surface area contributed by atoms with E-state index in [4.69, 9.17) is 14.2 Å². The summed E-state index contributed by atoms with van der Waals surface area (Å²) in [5, 5.41) is 0. The molecule has 3 aromatic rings. The summed E-state index contributed by atoms with van der Waals surface area (Å²) in [6, 6.07) is 21.3. The SMILES string of the molecule is COc1cccc(/C=C2\N=C(c3ccccc3C)OC2=O)c1OCc1cccc(C)c1. The van der Waals surface area contributed by atoms with Crippen LogP contribution in [0.25, 0.3) is 6.08 Å². The van der Waals surface area contributed by atoms with Gasteiger partial charge in [-0.2, -0.15) is 0 Å². The van der Waals surface area contributed by atoms with Crippen molar-refractivity contribution in [2.75, 3.05) is 7.11 Å². The molecule has 5 nitrogen and oxygen atoms in total. The minimum atomic E-state index is -0.495. The number of nitrogens with zero attached hydrogens (tertiary/aromatic N) is 1. The number of para-hydroxylation sites is 1. The van der Waals surface area contributed by atoms with Crippen molar-refractivity contribution in [3.05, 3.63) is 100 Å². The van der Waals surface area contributed by atoms with Crippen molar-refractivity contribution in [2.24, 2.45) is 4.99 Å². The number of ether oxygens (including phenoxy) is 3. The van der Waals surface area contributed by atoms with E-state index in [2.05, 4.69) is 11.1 Å². The Balaban J connectivity index is 1.67. The lowest BCUT2D eigenvalue weighted by atomic mass is 10.1. The molecule has 5 heteroatoms. The first kappa shape index (κ1) is 20.4. The van der Waals surface area contributed by atoms with Gasteiger partial charge in [-0.25, -0.2) is 9.79 Å². The van der Waals surface area contributed by atoms with Crippen LogP contribution in [0.3, 0.4) is 0 Å². The Labute approximate surface area is 181 Å². The van der Waals surface area contributed by atoms with Crippen molar-refractivity contribution < 1.29 is 19.0 Å². The first-order chi connectivity index (χ1) is 15.0. The molecule has 0 saturated heterocycles. The van der Waals surface area contributed by atoms with E-state index < -0.39 is 5.97 Å². The predicted octanol–water partition coefficient (Wildman–Crippen LogP) is 5.24. The highest BCUT2D eigenvalue weighted by Gasteiger charge is 2.25. The van der Waals surface area contributed by atoms with Crippen molar-refractivity contribution in [1.29, 1.82) is 0 Å². The number of aryl methyl sites for hydroxylation is 2. The Morgan fingerprint density at radius 3 is 2.58 bits per heavy atom. The van der Waals surface area contributed by atoms with Crippen LogP contribution in [0.2, 0.25) is 0 Å². The number of benzene rings is 3. The smallest absolute Gasteiger partial charge is 0.363 e. The zero-order valence-corrected chi connectivity index (χ0v) is 17.7. The molecule has 0 spiro atoms. The third-order valence-corrected chi connectivity index (χ3v) is 4.98. The molecule has 0 amide bonds. The molecule has 0 N–H and O–H groups in total. The average Bonchev–Trinajstić information content (AvgIpc) is 3.13. The van der Waals surface area contributed by atoms with Crippen molar-refractivity contribution in [3.63, 3.8) is 0 Å². The maximum absolute atomic E-state index is 12.5. The van der Waals surface area contributed by atoms with Crippen LogP contribution in [0, 0.1) is 13.8 Å². The van der Waals surface area contributed by atoms with E-state index in [1.165, 1.54) is 0 Å². The van der Waals surface area contributed by atoms with Crippen LogP contribution in [0.15, 0.2) is 77.4 Å². The molecule has 0 atom stereocenters. The largest absolute Gasteiger partial charge is 0.493 e. The molecule has 1 aliphatic rings. The van der Waals surface area contributed by atoms with Crippen LogP contribution in [0.4, 0.5) is 0 Å². The molecule has 4 rings (SSSR count). The second-order valence-electron chi connectivity index (χ2n) is 7.31. The number of carbonyl (C=O) groups is 1. The number of esters is 1. The highest BCUT2D eigenvalue weighted by molar-refractivity contribution is 6.13. The fraction of sp³-hybridized carbons (Fsp3) is 0.154. The third kappa shape index (κ3) is 4.51. The summed E-state index contributed by atoms with van der Waals surface area (Å²) in [5.74, 6) is 0.938. The van der Waals surface area contributed by atoms with Crippen molar-refractivity contribution in [3.8, 4) is 11.5 Å². The van der Waals surface area contributed by atoms with Gasteiger partial charge in [0, 0.05) is 11.1 Å². The van der Waals surface area contributed by atoms with Gasteiger partial charge in [-0.1, -0.05) is 60.2 Å². The zero-order chi connectivity index (χ0) is 21.8. The first-order valence-corrected chi connectivity index (χ1v) is 9.99. The molecule has 31 heavy (non-hydrogen) atoms. The van der Waals surface area contributed by atoms with E-state index in [1.54, 1.807) is 13.2 Å². The Morgan fingerprint density at radius 1 is 1.00 bits per heavy atom. The molecule has 0 aromatic heterocycles. The van der Waals surface area contributed by atoms with Gasteiger partial charge in [0.05, 0.1) is 7.11 Å². The maximum Gasteiger partial charge on any atom is 0.363 e. The molecule has 0 saturated carbocycles. The molecule has 3 aromatic carbocycles. The van der Waals surface area contributed by atoms with Gasteiger partial charge in [-0.05, 0) is 43.2 Å². The molecule has 1 aliphatic heterocycles. The molecule has 0 fully saturated rings. The summed E-state index contributed by atoms with van der Waals surface area (Å²) in [4.78, 5) is 16.9. The lowest BCUT2D eigenvalue weighted by molar-refractivity contribution is -0.129. The summed E-state index contributed by atoms with van der Waals surface area (Å²) >= 11 is 0. The number of cyclic esters (lactones) is 1. The Hall–Kier alpha value is -3.86. The van der Waals surface area contributed by atoms with Gasteiger partial charge < -0.3 is 14.2 Å². The Morgan fingerprint density at radius 2 is 1.81 bits per heavy atom. The molecule has 0 aliphatic carbocycles. The molecule has 0 radical (unpaired) electrons. The standard InChI is InChI=1S/C26H23NO4/c1-17-8-6-10-19(14-17)16-30-24-20(11-7-13-23(24)29-3)15-22-26(28)31-25(27-22)21-12-5-4-9-18(21)2/h4-15H,16H2,1-3H3/b22-15-. The highest BCUT2D eigenvalue weighted by atomic mass is 16.6. The van der Waals surface area contributed by atoms with E-state index in [-0.39, 0.29) is 5.70 Å². The van der Waals surface area contributed by atoms with Gasteiger partial charge in [0.1, 0.15) is 6.61 Å². The molecular weight excluding hydrogens is 390 g/mol. The second-order valence-corrected chi connectivity index (χ2v) is 7.31. The van der Waals surface area contributed by atoms with Gasteiger partial charge in [0.2, 0.25) is 5.90 Å². The van der Waals surface area contributed by atoms with Gasteiger partial charge >= 0.3 is 5.97 Å². The van der Waals surface area contributed by atoms with Crippen molar-refractivity contribution in [1.82, 2.24) is 0 Å². The quantitative estimate of drug-likeness (QED) is 0.410. The lowest BCUT2D eigenvalue weighted by Gasteiger charge is -2.14. The normalized spacial score (nSPS) is 14.4. The summed E-state index contributed by atoms with van der Waals surface area (Å²) < 4.78 is 17.0. The van der Waals surface area contributed by atoms with Gasteiger partial charge in [0.25, 0.3) is 0 Å². The predicted molar refractivity (Wildman–Crippen MR) is 120 cm³/mol. The van der Waals surface area contributed by atoms with E-state index >= 15 is 0 Å². The van der Waals surface area contributed by atoms with Crippen LogP contribution >= 0.6 is 0 Å². The first-order valence-electron chi connectivity index (χ1n) is 9.99. The fourth-order valence-corrected chi connectivity index (χ4v) is 3.40. The maximum atomic E-state index is 12.5. The van der Waals surface area contributed by atoms with Crippen LogP contribution in [0.1, 0.15) is 27.8 Å². The fourth-order valence-electron chi connectivity index (χ4n) is 3.40. The molecule has 0 bridgehead atoms. The average molecular weight is 413 g/mol. The summed E-state index contributed by atoms with van der Waals surface area (Å²) in [6.45, 7) is 4.37. The number of carbonyl (C=O) groups excluding carboxylic acids is 1. The molecular formula is C26H23NO4. The monoisotopic (exact) mass is 413 g/mol. The zero-order valence-electron chi connectivity index (χ0n) is 17.7. The van der Waals surface area contributed by atoms with Gasteiger partial charge in [0.15, 0.2) is 17.2 Å². The minimum Gasteiger partial charge on any atom is -0.493 e.